The minimum atomic E-state index is 0.187. The van der Waals surface area contributed by atoms with Gasteiger partial charge in [0, 0.05) is 13.0 Å². The van der Waals surface area contributed by atoms with Crippen LogP contribution >= 0.6 is 0 Å². The number of hydrogen-bond acceptors (Lipinski definition) is 3. The number of carbonyl (C=O) groups excluding carboxylic acids is 1. The van der Waals surface area contributed by atoms with E-state index in [9.17, 15) is 4.79 Å². The van der Waals surface area contributed by atoms with Gasteiger partial charge in [-0.25, -0.2) is 0 Å². The molecule has 3 nitrogen and oxygen atoms in total. The van der Waals surface area contributed by atoms with E-state index in [4.69, 9.17) is 9.47 Å². The molecule has 0 saturated carbocycles. The van der Waals surface area contributed by atoms with Crippen molar-refractivity contribution in [3.05, 3.63) is 35.9 Å². The van der Waals surface area contributed by atoms with Crippen LogP contribution in [0.15, 0.2) is 30.3 Å². The van der Waals surface area contributed by atoms with E-state index in [1.807, 2.05) is 37.3 Å². The molecular weight excluding hydrogens is 264 g/mol. The second-order valence-corrected chi connectivity index (χ2v) is 4.94. The largest absolute Gasteiger partial charge is 0.468 e. The van der Waals surface area contributed by atoms with E-state index in [0.29, 0.717) is 13.0 Å². The quantitative estimate of drug-likeness (QED) is 0.339. The van der Waals surface area contributed by atoms with Crippen LogP contribution in [0.25, 0.3) is 6.08 Å². The summed E-state index contributed by atoms with van der Waals surface area (Å²) in [4.78, 5) is 11.7. The monoisotopic (exact) mass is 290 g/mol. The molecule has 0 aliphatic carbocycles. The Kier molecular flexibility index (Phi) is 9.21. The fraction of sp³-hybridized carbons (Fsp3) is 0.500. The van der Waals surface area contributed by atoms with Gasteiger partial charge in [-0.15, -0.1) is 0 Å². The molecule has 0 fully saturated rings. The predicted molar refractivity (Wildman–Crippen MR) is 86.4 cm³/mol. The molecule has 0 aliphatic rings. The number of unbranched alkanes of at least 4 members (excludes halogenated alkanes) is 3. The van der Waals surface area contributed by atoms with Gasteiger partial charge in [0.15, 0.2) is 12.6 Å². The first-order valence-corrected chi connectivity index (χ1v) is 7.77. The standard InChI is InChI=1S/C18H26O3/c1-3-5-6-7-10-17(19)13-12-16-9-8-11-18(14-16)21-15-20-4-2/h8-9,11-14H,3-7,10,15H2,1-2H3. The fourth-order valence-electron chi connectivity index (χ4n) is 1.90. The molecule has 0 amide bonds. The number of ether oxygens (including phenoxy) is 2. The van der Waals surface area contributed by atoms with Gasteiger partial charge in [0.25, 0.3) is 0 Å². The summed E-state index contributed by atoms with van der Waals surface area (Å²) in [6, 6.07) is 7.64. The molecule has 1 aromatic carbocycles. The lowest BCUT2D eigenvalue weighted by Gasteiger charge is -2.06. The summed E-state index contributed by atoms with van der Waals surface area (Å²) in [5, 5.41) is 0. The van der Waals surface area contributed by atoms with Crippen LogP contribution in [0.3, 0.4) is 0 Å². The highest BCUT2D eigenvalue weighted by Gasteiger charge is 1.98. The molecule has 1 aromatic rings. The van der Waals surface area contributed by atoms with Gasteiger partial charge < -0.3 is 9.47 Å². The van der Waals surface area contributed by atoms with Crippen molar-refractivity contribution in [2.75, 3.05) is 13.4 Å². The Balaban J connectivity index is 2.40. The highest BCUT2D eigenvalue weighted by Crippen LogP contribution is 2.15. The predicted octanol–water partition coefficient (Wildman–Crippen LogP) is 4.61. The average molecular weight is 290 g/mol. The van der Waals surface area contributed by atoms with Gasteiger partial charge in [0.05, 0.1) is 0 Å². The van der Waals surface area contributed by atoms with Crippen LogP contribution in [-0.4, -0.2) is 19.2 Å². The van der Waals surface area contributed by atoms with E-state index >= 15 is 0 Å². The molecular formula is C18H26O3. The van der Waals surface area contributed by atoms with E-state index in [1.54, 1.807) is 6.08 Å². The number of ketones is 1. The zero-order valence-electron chi connectivity index (χ0n) is 13.1. The van der Waals surface area contributed by atoms with Crippen molar-refractivity contribution in [1.29, 1.82) is 0 Å². The summed E-state index contributed by atoms with van der Waals surface area (Å²) in [6.07, 6.45) is 8.65. The first kappa shape index (κ1) is 17.4. The molecule has 21 heavy (non-hydrogen) atoms. The maximum absolute atomic E-state index is 11.7. The van der Waals surface area contributed by atoms with Crippen LogP contribution < -0.4 is 4.74 Å². The Morgan fingerprint density at radius 1 is 1.19 bits per heavy atom. The minimum absolute atomic E-state index is 0.187. The summed E-state index contributed by atoms with van der Waals surface area (Å²) in [5.74, 6) is 0.938. The van der Waals surface area contributed by atoms with Gasteiger partial charge in [-0.05, 0) is 37.1 Å². The van der Waals surface area contributed by atoms with E-state index < -0.39 is 0 Å². The molecule has 116 valence electrons. The summed E-state index contributed by atoms with van der Waals surface area (Å²) < 4.78 is 10.6. The Morgan fingerprint density at radius 3 is 2.81 bits per heavy atom. The van der Waals surface area contributed by atoms with Gasteiger partial charge in [-0.3, -0.25) is 4.79 Å². The Morgan fingerprint density at radius 2 is 2.05 bits per heavy atom. The van der Waals surface area contributed by atoms with Crippen LogP contribution in [0, 0.1) is 0 Å². The second kappa shape index (κ2) is 11.1. The summed E-state index contributed by atoms with van der Waals surface area (Å²) in [7, 11) is 0. The highest BCUT2D eigenvalue weighted by atomic mass is 16.7. The van der Waals surface area contributed by atoms with Crippen molar-refractivity contribution in [2.24, 2.45) is 0 Å². The molecule has 0 bridgehead atoms. The zero-order chi connectivity index (χ0) is 15.3. The summed E-state index contributed by atoms with van der Waals surface area (Å²) in [6.45, 7) is 4.98. The average Bonchev–Trinajstić information content (AvgIpc) is 2.50. The third kappa shape index (κ3) is 8.30. The third-order valence-corrected chi connectivity index (χ3v) is 3.11. The number of allylic oxidation sites excluding steroid dienone is 1. The molecule has 0 aliphatic heterocycles. The lowest BCUT2D eigenvalue weighted by Crippen LogP contribution is -2.01. The summed E-state index contributed by atoms with van der Waals surface area (Å²) in [5.41, 5.74) is 0.964. The Hall–Kier alpha value is -1.61. The molecule has 0 unspecified atom stereocenters. The van der Waals surface area contributed by atoms with Crippen LogP contribution in [-0.2, 0) is 9.53 Å². The zero-order valence-corrected chi connectivity index (χ0v) is 13.1. The highest BCUT2D eigenvalue weighted by molar-refractivity contribution is 5.93. The van der Waals surface area contributed by atoms with E-state index in [1.165, 1.54) is 12.8 Å². The molecule has 0 spiro atoms. The van der Waals surface area contributed by atoms with E-state index in [2.05, 4.69) is 6.92 Å². The molecule has 3 heteroatoms. The van der Waals surface area contributed by atoms with Gasteiger partial charge in [0.1, 0.15) is 5.75 Å². The Bertz CT molecular complexity index is 438. The van der Waals surface area contributed by atoms with Crippen molar-refractivity contribution in [3.8, 4) is 5.75 Å². The van der Waals surface area contributed by atoms with Crippen molar-refractivity contribution in [1.82, 2.24) is 0 Å². The van der Waals surface area contributed by atoms with Crippen LogP contribution in [0.2, 0.25) is 0 Å². The molecule has 0 heterocycles. The molecule has 0 N–H and O–H groups in total. The minimum Gasteiger partial charge on any atom is -0.468 e. The van der Waals surface area contributed by atoms with Crippen molar-refractivity contribution in [3.63, 3.8) is 0 Å². The van der Waals surface area contributed by atoms with Crippen LogP contribution in [0.1, 0.15) is 51.5 Å². The smallest absolute Gasteiger partial charge is 0.189 e. The first-order valence-electron chi connectivity index (χ1n) is 7.77. The second-order valence-electron chi connectivity index (χ2n) is 4.94. The van der Waals surface area contributed by atoms with Gasteiger partial charge in [-0.1, -0.05) is 44.4 Å². The fourth-order valence-corrected chi connectivity index (χ4v) is 1.90. The number of benzene rings is 1. The first-order chi connectivity index (χ1) is 10.3. The lowest BCUT2D eigenvalue weighted by molar-refractivity contribution is -0.114. The van der Waals surface area contributed by atoms with E-state index in [0.717, 1.165) is 24.2 Å². The summed E-state index contributed by atoms with van der Waals surface area (Å²) >= 11 is 0. The van der Waals surface area contributed by atoms with Gasteiger partial charge in [-0.2, -0.15) is 0 Å². The normalized spacial score (nSPS) is 11.0. The SMILES string of the molecule is CCCCCCC(=O)C=Cc1cccc(OCOCC)c1. The maximum atomic E-state index is 11.7. The van der Waals surface area contributed by atoms with E-state index in [-0.39, 0.29) is 12.6 Å². The van der Waals surface area contributed by atoms with Gasteiger partial charge in [0.2, 0.25) is 0 Å². The lowest BCUT2D eigenvalue weighted by atomic mass is 10.1. The number of rotatable bonds is 11. The molecule has 1 rings (SSSR count). The van der Waals surface area contributed by atoms with Crippen molar-refractivity contribution < 1.29 is 14.3 Å². The van der Waals surface area contributed by atoms with Crippen molar-refractivity contribution in [2.45, 2.75) is 46.0 Å². The molecule has 0 atom stereocenters. The molecule has 0 aromatic heterocycles. The molecule has 0 saturated heterocycles. The maximum Gasteiger partial charge on any atom is 0.189 e. The number of carbonyl (C=O) groups is 1. The van der Waals surface area contributed by atoms with Gasteiger partial charge >= 0.3 is 0 Å². The molecule has 0 radical (unpaired) electrons. The number of hydrogen-bond donors (Lipinski definition) is 0. The Labute approximate surface area is 128 Å². The van der Waals surface area contributed by atoms with Crippen molar-refractivity contribution >= 4 is 11.9 Å². The van der Waals surface area contributed by atoms with Crippen LogP contribution in [0.5, 0.6) is 5.75 Å². The van der Waals surface area contributed by atoms with Crippen LogP contribution in [0.4, 0.5) is 0 Å². The topological polar surface area (TPSA) is 35.5 Å². The third-order valence-electron chi connectivity index (χ3n) is 3.11.